The van der Waals surface area contributed by atoms with E-state index in [2.05, 4.69) is 15.5 Å². The standard InChI is InChI=1S/C13H19N3O/c17-13(15-12-6-2-1-3-7-12)14-8-11-16-9-4-5-10-16/h1-3,6-7H,4-5,8-11H2,(H2,14,15,17). The molecule has 0 unspecified atom stereocenters. The maximum atomic E-state index is 11.5. The van der Waals surface area contributed by atoms with Crippen molar-refractivity contribution in [2.75, 3.05) is 31.5 Å². The summed E-state index contributed by atoms with van der Waals surface area (Å²) in [6.07, 6.45) is 2.58. The van der Waals surface area contributed by atoms with Gasteiger partial charge in [-0.3, -0.25) is 0 Å². The van der Waals surface area contributed by atoms with E-state index in [0.717, 1.165) is 12.2 Å². The highest BCUT2D eigenvalue weighted by atomic mass is 16.2. The third kappa shape index (κ3) is 4.07. The van der Waals surface area contributed by atoms with Crippen molar-refractivity contribution in [3.8, 4) is 0 Å². The van der Waals surface area contributed by atoms with Crippen molar-refractivity contribution in [2.45, 2.75) is 12.8 Å². The van der Waals surface area contributed by atoms with Crippen LogP contribution in [-0.2, 0) is 0 Å². The molecule has 1 fully saturated rings. The van der Waals surface area contributed by atoms with Crippen molar-refractivity contribution < 1.29 is 4.79 Å². The Bertz CT molecular complexity index is 347. The fourth-order valence-electron chi connectivity index (χ4n) is 2.03. The number of nitrogens with zero attached hydrogens (tertiary/aromatic N) is 1. The molecule has 1 aliphatic rings. The lowest BCUT2D eigenvalue weighted by molar-refractivity contribution is 0.249. The van der Waals surface area contributed by atoms with Crippen LogP contribution in [0.1, 0.15) is 12.8 Å². The molecule has 0 radical (unpaired) electrons. The number of benzene rings is 1. The monoisotopic (exact) mass is 233 g/mol. The molecule has 1 aliphatic heterocycles. The van der Waals surface area contributed by atoms with E-state index < -0.39 is 0 Å². The maximum absolute atomic E-state index is 11.5. The molecule has 0 bridgehead atoms. The predicted octanol–water partition coefficient (Wildman–Crippen LogP) is 1.90. The largest absolute Gasteiger partial charge is 0.337 e. The zero-order valence-corrected chi connectivity index (χ0v) is 9.98. The van der Waals surface area contributed by atoms with Crippen molar-refractivity contribution >= 4 is 11.7 Å². The van der Waals surface area contributed by atoms with Crippen LogP contribution in [-0.4, -0.2) is 37.1 Å². The Morgan fingerprint density at radius 1 is 1.18 bits per heavy atom. The molecule has 0 aromatic heterocycles. The van der Waals surface area contributed by atoms with Crippen molar-refractivity contribution in [1.82, 2.24) is 10.2 Å². The highest BCUT2D eigenvalue weighted by Gasteiger charge is 2.10. The Morgan fingerprint density at radius 3 is 2.59 bits per heavy atom. The normalized spacial score (nSPS) is 15.8. The molecule has 1 aromatic carbocycles. The Kier molecular flexibility index (Phi) is 4.38. The summed E-state index contributed by atoms with van der Waals surface area (Å²) < 4.78 is 0. The number of carbonyl (C=O) groups is 1. The van der Waals surface area contributed by atoms with Crippen LogP contribution in [0, 0.1) is 0 Å². The van der Waals surface area contributed by atoms with E-state index >= 15 is 0 Å². The van der Waals surface area contributed by atoms with Gasteiger partial charge in [0.1, 0.15) is 0 Å². The highest BCUT2D eigenvalue weighted by molar-refractivity contribution is 5.89. The number of anilines is 1. The number of nitrogens with one attached hydrogen (secondary N) is 2. The van der Waals surface area contributed by atoms with Gasteiger partial charge < -0.3 is 15.5 Å². The van der Waals surface area contributed by atoms with Gasteiger partial charge in [0, 0.05) is 18.8 Å². The second-order valence-electron chi connectivity index (χ2n) is 4.30. The van der Waals surface area contributed by atoms with E-state index in [-0.39, 0.29) is 6.03 Å². The number of urea groups is 1. The van der Waals surface area contributed by atoms with Gasteiger partial charge in [0.05, 0.1) is 0 Å². The fourth-order valence-corrected chi connectivity index (χ4v) is 2.03. The minimum atomic E-state index is -0.129. The van der Waals surface area contributed by atoms with Crippen LogP contribution in [0.4, 0.5) is 10.5 Å². The van der Waals surface area contributed by atoms with E-state index in [0.29, 0.717) is 6.54 Å². The summed E-state index contributed by atoms with van der Waals surface area (Å²) in [5.41, 5.74) is 0.825. The number of amides is 2. The van der Waals surface area contributed by atoms with Crippen LogP contribution >= 0.6 is 0 Å². The van der Waals surface area contributed by atoms with Gasteiger partial charge in [-0.25, -0.2) is 4.79 Å². The minimum Gasteiger partial charge on any atom is -0.337 e. The third-order valence-electron chi connectivity index (χ3n) is 2.94. The molecular weight excluding hydrogens is 214 g/mol. The first kappa shape index (κ1) is 11.9. The van der Waals surface area contributed by atoms with Gasteiger partial charge in [-0.05, 0) is 38.1 Å². The Hall–Kier alpha value is -1.55. The summed E-state index contributed by atoms with van der Waals surface area (Å²) in [5, 5.41) is 5.67. The van der Waals surface area contributed by atoms with Crippen LogP contribution in [0.25, 0.3) is 0 Å². The van der Waals surface area contributed by atoms with Crippen LogP contribution in [0.15, 0.2) is 30.3 Å². The first-order valence-electron chi connectivity index (χ1n) is 6.17. The second-order valence-corrected chi connectivity index (χ2v) is 4.30. The van der Waals surface area contributed by atoms with E-state index in [1.807, 2.05) is 30.3 Å². The summed E-state index contributed by atoms with van der Waals surface area (Å²) >= 11 is 0. The minimum absolute atomic E-state index is 0.129. The van der Waals surface area contributed by atoms with Crippen molar-refractivity contribution in [2.24, 2.45) is 0 Å². The summed E-state index contributed by atoms with van der Waals surface area (Å²) in [6.45, 7) is 3.99. The van der Waals surface area contributed by atoms with E-state index in [1.165, 1.54) is 25.9 Å². The highest BCUT2D eigenvalue weighted by Crippen LogP contribution is 2.06. The first-order valence-corrected chi connectivity index (χ1v) is 6.17. The second kappa shape index (κ2) is 6.25. The quantitative estimate of drug-likeness (QED) is 0.834. The molecule has 0 spiro atoms. The average molecular weight is 233 g/mol. The molecule has 0 aliphatic carbocycles. The SMILES string of the molecule is O=C(NCCN1CCCC1)Nc1ccccc1. The Balaban J connectivity index is 1.64. The third-order valence-corrected chi connectivity index (χ3v) is 2.94. The van der Waals surface area contributed by atoms with E-state index in [4.69, 9.17) is 0 Å². The molecule has 92 valence electrons. The number of hydrogen-bond donors (Lipinski definition) is 2. The molecule has 2 amide bonds. The first-order chi connectivity index (χ1) is 8.34. The molecule has 0 saturated carbocycles. The van der Waals surface area contributed by atoms with Crippen LogP contribution in [0.5, 0.6) is 0 Å². The molecule has 4 nitrogen and oxygen atoms in total. The summed E-state index contributed by atoms with van der Waals surface area (Å²) in [6, 6.07) is 9.35. The van der Waals surface area contributed by atoms with Gasteiger partial charge in [-0.2, -0.15) is 0 Å². The molecule has 1 saturated heterocycles. The zero-order valence-electron chi connectivity index (χ0n) is 9.98. The average Bonchev–Trinajstić information content (AvgIpc) is 2.83. The van der Waals surface area contributed by atoms with Crippen molar-refractivity contribution in [3.63, 3.8) is 0 Å². The Morgan fingerprint density at radius 2 is 1.88 bits per heavy atom. The molecular formula is C13H19N3O. The smallest absolute Gasteiger partial charge is 0.319 e. The van der Waals surface area contributed by atoms with Gasteiger partial charge in [0.15, 0.2) is 0 Å². The maximum Gasteiger partial charge on any atom is 0.319 e. The lowest BCUT2D eigenvalue weighted by atomic mass is 10.3. The summed E-state index contributed by atoms with van der Waals surface area (Å²) in [5.74, 6) is 0. The van der Waals surface area contributed by atoms with Crippen molar-refractivity contribution in [3.05, 3.63) is 30.3 Å². The van der Waals surface area contributed by atoms with Gasteiger partial charge in [-0.1, -0.05) is 18.2 Å². The molecule has 4 heteroatoms. The van der Waals surface area contributed by atoms with E-state index in [9.17, 15) is 4.79 Å². The predicted molar refractivity (Wildman–Crippen MR) is 69.1 cm³/mol. The topological polar surface area (TPSA) is 44.4 Å². The lowest BCUT2D eigenvalue weighted by Crippen LogP contribution is -2.35. The Labute approximate surface area is 102 Å². The summed E-state index contributed by atoms with van der Waals surface area (Å²) in [7, 11) is 0. The summed E-state index contributed by atoms with van der Waals surface area (Å²) in [4.78, 5) is 13.9. The number of carbonyl (C=O) groups excluding carboxylic acids is 1. The molecule has 2 rings (SSSR count). The molecule has 1 heterocycles. The number of rotatable bonds is 4. The number of para-hydroxylation sites is 1. The number of hydrogen-bond acceptors (Lipinski definition) is 2. The molecule has 2 N–H and O–H groups in total. The van der Waals surface area contributed by atoms with Crippen molar-refractivity contribution in [1.29, 1.82) is 0 Å². The molecule has 0 atom stereocenters. The fraction of sp³-hybridized carbons (Fsp3) is 0.462. The van der Waals surface area contributed by atoms with Crippen LogP contribution < -0.4 is 10.6 Å². The molecule has 1 aromatic rings. The van der Waals surface area contributed by atoms with Gasteiger partial charge in [0.25, 0.3) is 0 Å². The molecule has 17 heavy (non-hydrogen) atoms. The van der Waals surface area contributed by atoms with Gasteiger partial charge in [0.2, 0.25) is 0 Å². The van der Waals surface area contributed by atoms with Crippen LogP contribution in [0.2, 0.25) is 0 Å². The van der Waals surface area contributed by atoms with Crippen LogP contribution in [0.3, 0.4) is 0 Å². The lowest BCUT2D eigenvalue weighted by Gasteiger charge is -2.14. The number of likely N-dealkylation sites (tertiary alicyclic amines) is 1. The van der Waals surface area contributed by atoms with Gasteiger partial charge >= 0.3 is 6.03 Å². The van der Waals surface area contributed by atoms with E-state index in [1.54, 1.807) is 0 Å². The van der Waals surface area contributed by atoms with Gasteiger partial charge in [-0.15, -0.1) is 0 Å². The zero-order chi connectivity index (χ0) is 11.9.